The van der Waals surface area contributed by atoms with E-state index in [-0.39, 0.29) is 36.1 Å². The van der Waals surface area contributed by atoms with Gasteiger partial charge in [-0.25, -0.2) is 0 Å². The number of nitrogens with zero attached hydrogens (tertiary/aromatic N) is 2. The van der Waals surface area contributed by atoms with Gasteiger partial charge in [-0.05, 0) is 47.4 Å². The summed E-state index contributed by atoms with van der Waals surface area (Å²) in [5.41, 5.74) is 1.21. The summed E-state index contributed by atoms with van der Waals surface area (Å²) in [5.74, 6) is -0.508. The SMILES string of the molecule is CC(C)(CC(=O)O)CC(=O)N1C[C@@H]2C[C@H](C1)c1ccc(-c3cc4ccccc4s3)c(=O)n1C2. The van der Waals surface area contributed by atoms with Crippen LogP contribution in [0.2, 0.25) is 0 Å². The van der Waals surface area contributed by atoms with Crippen LogP contribution in [0, 0.1) is 11.3 Å². The number of piperidine rings is 1. The van der Waals surface area contributed by atoms with Crippen LogP contribution in [0.15, 0.2) is 47.3 Å². The molecule has 172 valence electrons. The van der Waals surface area contributed by atoms with Crippen molar-refractivity contribution in [1.29, 1.82) is 0 Å². The minimum Gasteiger partial charge on any atom is -0.481 e. The number of hydrogen-bond acceptors (Lipinski definition) is 4. The first kappa shape index (κ1) is 21.9. The van der Waals surface area contributed by atoms with Crippen molar-refractivity contribution in [3.05, 3.63) is 58.5 Å². The van der Waals surface area contributed by atoms with Crippen molar-refractivity contribution >= 4 is 33.3 Å². The lowest BCUT2D eigenvalue weighted by molar-refractivity contribution is -0.141. The first-order chi connectivity index (χ1) is 15.7. The summed E-state index contributed by atoms with van der Waals surface area (Å²) in [6.45, 7) is 5.48. The normalized spacial score (nSPS) is 20.0. The quantitative estimate of drug-likeness (QED) is 0.600. The number of fused-ring (bicyclic) bond motifs is 5. The number of carboxylic acids is 1. The lowest BCUT2D eigenvalue weighted by atomic mass is 9.81. The first-order valence-electron chi connectivity index (χ1n) is 11.4. The van der Waals surface area contributed by atoms with E-state index in [1.165, 1.54) is 4.70 Å². The van der Waals surface area contributed by atoms with Crippen molar-refractivity contribution in [3.8, 4) is 10.4 Å². The number of carboxylic acid groups (broad SMARTS) is 1. The van der Waals surface area contributed by atoms with Crippen molar-refractivity contribution in [1.82, 2.24) is 9.47 Å². The van der Waals surface area contributed by atoms with Crippen LogP contribution in [-0.2, 0) is 16.1 Å². The average molecular weight is 465 g/mol. The van der Waals surface area contributed by atoms with Gasteiger partial charge in [0.15, 0.2) is 0 Å². The maximum atomic E-state index is 13.5. The zero-order valence-electron chi connectivity index (χ0n) is 18.9. The van der Waals surface area contributed by atoms with Gasteiger partial charge < -0.3 is 14.6 Å². The molecule has 5 rings (SSSR count). The van der Waals surface area contributed by atoms with E-state index >= 15 is 0 Å². The molecule has 1 fully saturated rings. The van der Waals surface area contributed by atoms with Crippen molar-refractivity contribution in [3.63, 3.8) is 0 Å². The molecule has 2 aromatic heterocycles. The average Bonchev–Trinajstić information content (AvgIpc) is 3.17. The van der Waals surface area contributed by atoms with Crippen LogP contribution in [0.5, 0.6) is 0 Å². The molecule has 0 radical (unpaired) electrons. The van der Waals surface area contributed by atoms with Crippen LogP contribution in [0.25, 0.3) is 20.5 Å². The van der Waals surface area contributed by atoms with Gasteiger partial charge in [0.25, 0.3) is 5.56 Å². The molecular formula is C26H28N2O4S. The summed E-state index contributed by atoms with van der Waals surface area (Å²) in [6, 6.07) is 14.3. The Bertz CT molecular complexity index is 1270. The number of rotatable bonds is 5. The molecule has 1 amide bonds. The van der Waals surface area contributed by atoms with Crippen LogP contribution in [0.3, 0.4) is 0 Å². The van der Waals surface area contributed by atoms with E-state index in [2.05, 4.69) is 24.3 Å². The second-order valence-electron chi connectivity index (χ2n) is 10.2. The minimum atomic E-state index is -0.883. The van der Waals surface area contributed by atoms with Crippen molar-refractivity contribution in [2.45, 2.75) is 45.6 Å². The van der Waals surface area contributed by atoms with Gasteiger partial charge in [-0.3, -0.25) is 14.4 Å². The van der Waals surface area contributed by atoms with Crippen LogP contribution >= 0.6 is 11.3 Å². The highest BCUT2D eigenvalue weighted by molar-refractivity contribution is 7.22. The molecule has 2 bridgehead atoms. The molecule has 0 spiro atoms. The third-order valence-electron chi connectivity index (χ3n) is 6.91. The van der Waals surface area contributed by atoms with Crippen LogP contribution in [0.1, 0.15) is 44.7 Å². The Labute approximate surface area is 196 Å². The van der Waals surface area contributed by atoms with E-state index in [0.29, 0.717) is 19.6 Å². The minimum absolute atomic E-state index is 0.00800. The number of thiophene rings is 1. The fourth-order valence-electron chi connectivity index (χ4n) is 5.44. The lowest BCUT2D eigenvalue weighted by Gasteiger charge is -2.43. The molecule has 1 N–H and O–H groups in total. The first-order valence-corrected chi connectivity index (χ1v) is 12.2. The summed E-state index contributed by atoms with van der Waals surface area (Å²) < 4.78 is 3.10. The number of aliphatic carboxylic acids is 1. The molecule has 33 heavy (non-hydrogen) atoms. The Balaban J connectivity index is 1.40. The highest BCUT2D eigenvalue weighted by Gasteiger charge is 2.38. The molecule has 1 saturated heterocycles. The fourth-order valence-corrected chi connectivity index (χ4v) is 6.52. The van der Waals surface area contributed by atoms with Gasteiger partial charge in [0.2, 0.25) is 5.91 Å². The topological polar surface area (TPSA) is 79.6 Å². The monoisotopic (exact) mass is 464 g/mol. The van der Waals surface area contributed by atoms with Gasteiger partial charge in [-0.15, -0.1) is 11.3 Å². The second kappa shape index (κ2) is 8.13. The Morgan fingerprint density at radius 1 is 1.09 bits per heavy atom. The smallest absolute Gasteiger partial charge is 0.303 e. The van der Waals surface area contributed by atoms with E-state index in [1.54, 1.807) is 11.3 Å². The van der Waals surface area contributed by atoms with Crippen molar-refractivity contribution in [2.24, 2.45) is 11.3 Å². The maximum absolute atomic E-state index is 13.5. The zero-order valence-corrected chi connectivity index (χ0v) is 19.7. The van der Waals surface area contributed by atoms with Crippen LogP contribution < -0.4 is 5.56 Å². The molecule has 0 unspecified atom stereocenters. The van der Waals surface area contributed by atoms with Gasteiger partial charge in [0.05, 0.1) is 12.0 Å². The molecule has 7 heteroatoms. The van der Waals surface area contributed by atoms with E-state index < -0.39 is 11.4 Å². The summed E-state index contributed by atoms with van der Waals surface area (Å²) in [5, 5.41) is 10.3. The predicted octanol–water partition coefficient (Wildman–Crippen LogP) is 4.57. The highest BCUT2D eigenvalue weighted by atomic mass is 32.1. The van der Waals surface area contributed by atoms with Crippen LogP contribution in [-0.4, -0.2) is 39.5 Å². The number of amides is 1. The number of aromatic nitrogens is 1. The molecule has 6 nitrogen and oxygen atoms in total. The Morgan fingerprint density at radius 2 is 1.88 bits per heavy atom. The Morgan fingerprint density at radius 3 is 2.64 bits per heavy atom. The largest absolute Gasteiger partial charge is 0.481 e. The predicted molar refractivity (Wildman–Crippen MR) is 130 cm³/mol. The molecular weight excluding hydrogens is 436 g/mol. The Kier molecular flexibility index (Phi) is 5.40. The third kappa shape index (κ3) is 4.22. The second-order valence-corrected chi connectivity index (χ2v) is 11.3. The van der Waals surface area contributed by atoms with E-state index in [9.17, 15) is 14.4 Å². The molecule has 0 aliphatic carbocycles. The molecule has 2 aliphatic heterocycles. The highest BCUT2D eigenvalue weighted by Crippen LogP contribution is 2.38. The van der Waals surface area contributed by atoms with Crippen molar-refractivity contribution < 1.29 is 14.7 Å². The van der Waals surface area contributed by atoms with Gasteiger partial charge >= 0.3 is 5.97 Å². The molecule has 3 aromatic rings. The summed E-state index contributed by atoms with van der Waals surface area (Å²) >= 11 is 1.64. The molecule has 0 saturated carbocycles. The molecule has 1 aromatic carbocycles. The number of carbonyl (C=O) groups is 2. The number of carbonyl (C=O) groups excluding carboxylic acids is 1. The maximum Gasteiger partial charge on any atom is 0.303 e. The molecule has 2 atom stereocenters. The fraction of sp³-hybridized carbons (Fsp3) is 0.423. The zero-order chi connectivity index (χ0) is 23.3. The number of pyridine rings is 1. The number of hydrogen-bond donors (Lipinski definition) is 1. The van der Waals surface area contributed by atoms with E-state index in [1.807, 2.05) is 41.5 Å². The van der Waals surface area contributed by atoms with Crippen LogP contribution in [0.4, 0.5) is 0 Å². The summed E-state index contributed by atoms with van der Waals surface area (Å²) in [6.07, 6.45) is 1.17. The van der Waals surface area contributed by atoms with Gasteiger partial charge in [-0.1, -0.05) is 32.0 Å². The third-order valence-corrected chi connectivity index (χ3v) is 8.06. The van der Waals surface area contributed by atoms with Crippen molar-refractivity contribution in [2.75, 3.05) is 13.1 Å². The van der Waals surface area contributed by atoms with E-state index in [0.717, 1.165) is 27.9 Å². The van der Waals surface area contributed by atoms with Gasteiger partial charge in [0, 0.05) is 47.2 Å². The van der Waals surface area contributed by atoms with Gasteiger partial charge in [0.1, 0.15) is 0 Å². The summed E-state index contributed by atoms with van der Waals surface area (Å²) in [7, 11) is 0. The van der Waals surface area contributed by atoms with E-state index in [4.69, 9.17) is 5.11 Å². The number of likely N-dealkylation sites (tertiary alicyclic amines) is 1. The number of benzene rings is 1. The van der Waals surface area contributed by atoms with Gasteiger partial charge in [-0.2, -0.15) is 0 Å². The lowest BCUT2D eigenvalue weighted by Crippen LogP contribution is -2.50. The summed E-state index contributed by atoms with van der Waals surface area (Å²) in [4.78, 5) is 40.5. The Hall–Kier alpha value is -2.93. The standard InChI is InChI=1S/C26H28N2O4S/c1-26(2,12-24(30)31)11-23(29)27-13-16-9-18(15-27)20-8-7-19(25(32)28(20)14-16)22-10-17-5-3-4-6-21(17)33-22/h3-8,10,16,18H,9,11-15H2,1-2H3,(H,30,31)/t16-,18+/m0/s1. The molecule has 4 heterocycles. The molecule has 2 aliphatic rings.